The Balaban J connectivity index is 1.06. The van der Waals surface area contributed by atoms with E-state index in [0.717, 1.165) is 22.3 Å². The van der Waals surface area contributed by atoms with Crippen molar-refractivity contribution >= 4 is 11.6 Å². The lowest BCUT2D eigenvalue weighted by atomic mass is 10.1. The van der Waals surface area contributed by atoms with Crippen LogP contribution >= 0.6 is 0 Å². The predicted molar refractivity (Wildman–Crippen MR) is 154 cm³/mol. The maximum atomic E-state index is 13.2. The van der Waals surface area contributed by atoms with Crippen molar-refractivity contribution in [2.75, 3.05) is 52.9 Å². The first-order chi connectivity index (χ1) is 20.7. The van der Waals surface area contributed by atoms with Crippen LogP contribution in [0.4, 0.5) is 0 Å². The van der Waals surface area contributed by atoms with Crippen molar-refractivity contribution in [3.8, 4) is 45.3 Å². The first-order valence-corrected chi connectivity index (χ1v) is 14.0. The Labute approximate surface area is 242 Å². The number of rotatable bonds is 0. The molecule has 0 spiro atoms. The van der Waals surface area contributed by atoms with Gasteiger partial charge in [-0.2, -0.15) is 0 Å². The van der Waals surface area contributed by atoms with Gasteiger partial charge in [-0.3, -0.25) is 9.59 Å². The van der Waals surface area contributed by atoms with Crippen LogP contribution < -0.4 is 18.9 Å². The lowest BCUT2D eigenvalue weighted by Gasteiger charge is -2.10. The Morgan fingerprint density at radius 3 is 0.857 bits per heavy atom. The summed E-state index contributed by atoms with van der Waals surface area (Å²) in [5, 5.41) is 0. The van der Waals surface area contributed by atoms with E-state index in [1.807, 2.05) is 48.5 Å². The number of ketones is 2. The third-order valence-corrected chi connectivity index (χ3v) is 7.51. The van der Waals surface area contributed by atoms with Crippen LogP contribution in [-0.2, 0) is 9.47 Å². The van der Waals surface area contributed by atoms with Crippen LogP contribution in [0.5, 0.6) is 23.0 Å². The highest BCUT2D eigenvalue weighted by Crippen LogP contribution is 2.41. The maximum absolute atomic E-state index is 13.2. The highest BCUT2D eigenvalue weighted by molar-refractivity contribution is 6.22. The Bertz CT molecular complexity index is 1450. The van der Waals surface area contributed by atoms with Gasteiger partial charge in [-0.1, -0.05) is 0 Å². The van der Waals surface area contributed by atoms with Crippen LogP contribution in [0.1, 0.15) is 31.8 Å². The minimum absolute atomic E-state index is 0.0519. The van der Waals surface area contributed by atoms with Gasteiger partial charge in [0, 0.05) is 22.3 Å². The van der Waals surface area contributed by atoms with E-state index in [0.29, 0.717) is 98.1 Å². The molecule has 4 aromatic rings. The molecule has 0 unspecified atom stereocenters. The summed E-state index contributed by atoms with van der Waals surface area (Å²) >= 11 is 0. The predicted octanol–water partition coefficient (Wildman–Crippen LogP) is 5.37. The molecule has 212 valence electrons. The van der Waals surface area contributed by atoms with Gasteiger partial charge in [0.25, 0.3) is 0 Å². The Morgan fingerprint density at radius 2 is 0.595 bits per heavy atom. The van der Waals surface area contributed by atoms with Crippen molar-refractivity contribution < 1.29 is 38.0 Å². The first kappa shape index (κ1) is 26.3. The molecule has 0 N–H and O–H groups in total. The summed E-state index contributed by atoms with van der Waals surface area (Å²) in [6, 6.07) is 22.2. The summed E-state index contributed by atoms with van der Waals surface area (Å²) in [6.07, 6.45) is 0. The molecule has 1 heterocycles. The fourth-order valence-electron chi connectivity index (χ4n) is 5.51. The minimum Gasteiger partial charge on any atom is -0.491 e. The summed E-state index contributed by atoms with van der Waals surface area (Å²) in [5.74, 6) is 2.33. The molecule has 8 heteroatoms. The van der Waals surface area contributed by atoms with Crippen LogP contribution in [0, 0.1) is 0 Å². The van der Waals surface area contributed by atoms with E-state index < -0.39 is 0 Å². The monoisotopic (exact) mass is 564 g/mol. The van der Waals surface area contributed by atoms with Gasteiger partial charge in [0.15, 0.2) is 11.6 Å². The zero-order valence-corrected chi connectivity index (χ0v) is 22.9. The van der Waals surface area contributed by atoms with E-state index >= 15 is 0 Å². The summed E-state index contributed by atoms with van der Waals surface area (Å²) in [4.78, 5) is 26.3. The first-order valence-electron chi connectivity index (χ1n) is 14.0. The van der Waals surface area contributed by atoms with Gasteiger partial charge in [0.05, 0.1) is 26.4 Å². The maximum Gasteiger partial charge on any atom is 0.194 e. The van der Waals surface area contributed by atoms with E-state index in [4.69, 9.17) is 28.4 Å². The Morgan fingerprint density at radius 1 is 0.333 bits per heavy atom. The van der Waals surface area contributed by atoms with E-state index in [1.54, 1.807) is 24.3 Å². The summed E-state index contributed by atoms with van der Waals surface area (Å²) in [6.45, 7) is 2.77. The second kappa shape index (κ2) is 11.3. The number of carbonyl (C=O) groups excluding carboxylic acids is 2. The second-order valence-corrected chi connectivity index (χ2v) is 10.1. The molecule has 0 radical (unpaired) electrons. The van der Waals surface area contributed by atoms with Gasteiger partial charge in [0.1, 0.15) is 49.4 Å². The molecule has 8 bridgehead atoms. The molecule has 7 rings (SSSR count). The van der Waals surface area contributed by atoms with Gasteiger partial charge in [-0.15, -0.1) is 0 Å². The average molecular weight is 565 g/mol. The highest BCUT2D eigenvalue weighted by atomic mass is 16.5. The summed E-state index contributed by atoms with van der Waals surface area (Å²) in [7, 11) is 0. The fourth-order valence-corrected chi connectivity index (χ4v) is 5.51. The third kappa shape index (κ3) is 5.00. The zero-order valence-electron chi connectivity index (χ0n) is 22.9. The molecule has 1 aliphatic heterocycles. The topological polar surface area (TPSA) is 89.5 Å². The number of ether oxygens (including phenoxy) is 6. The molecule has 0 saturated carbocycles. The summed E-state index contributed by atoms with van der Waals surface area (Å²) < 4.78 is 34.7. The lowest BCUT2D eigenvalue weighted by Crippen LogP contribution is -2.12. The highest BCUT2D eigenvalue weighted by Gasteiger charge is 2.29. The van der Waals surface area contributed by atoms with Crippen molar-refractivity contribution in [3.63, 3.8) is 0 Å². The molecule has 0 atom stereocenters. The SMILES string of the molecule is O=C1c2cc3ccc2-c2ccc(cc21)OCCOCCOc1ccc2c(c1)C(=O)c1cc(ccc1-2)OCCOCCO3. The molecular formula is C34H28O8. The van der Waals surface area contributed by atoms with Crippen molar-refractivity contribution in [2.24, 2.45) is 0 Å². The largest absolute Gasteiger partial charge is 0.491 e. The van der Waals surface area contributed by atoms with Gasteiger partial charge in [-0.25, -0.2) is 0 Å². The Hall–Kier alpha value is -4.66. The van der Waals surface area contributed by atoms with Crippen LogP contribution in [0.25, 0.3) is 22.3 Å². The molecule has 3 aliphatic rings. The van der Waals surface area contributed by atoms with Crippen molar-refractivity contribution in [1.82, 2.24) is 0 Å². The molecular weight excluding hydrogens is 536 g/mol. The van der Waals surface area contributed by atoms with Gasteiger partial charge in [-0.05, 0) is 95.1 Å². The van der Waals surface area contributed by atoms with Gasteiger partial charge < -0.3 is 28.4 Å². The molecule has 8 nitrogen and oxygen atoms in total. The molecule has 2 aliphatic carbocycles. The van der Waals surface area contributed by atoms with E-state index in [1.165, 1.54) is 0 Å². The van der Waals surface area contributed by atoms with Crippen LogP contribution in [0.15, 0.2) is 72.8 Å². The second-order valence-electron chi connectivity index (χ2n) is 10.1. The standard InChI is InChI=1S/C34H28O8/c35-33-29-17-21-1-5-25(29)26-6-2-22(18-30(26)33)40-15-11-38-12-16-42-24-4-8-28-27-7-3-23(41-14-10-37-9-13-39-21)19-31(27)34(36)32(28)20-24/h1-8,17-20H,9-16H2. The van der Waals surface area contributed by atoms with Crippen molar-refractivity contribution in [3.05, 3.63) is 95.1 Å². The van der Waals surface area contributed by atoms with Crippen LogP contribution in [0.3, 0.4) is 0 Å². The van der Waals surface area contributed by atoms with Crippen molar-refractivity contribution in [1.29, 1.82) is 0 Å². The number of carbonyl (C=O) groups is 2. The number of hydrogen-bond acceptors (Lipinski definition) is 8. The number of fused-ring (bicyclic) bond motifs is 6. The lowest BCUT2D eigenvalue weighted by molar-refractivity contribution is 0.0763. The number of benzene rings is 4. The quantitative estimate of drug-likeness (QED) is 0.243. The normalized spacial score (nSPS) is 16.5. The minimum atomic E-state index is -0.0519. The number of hydrogen-bond donors (Lipinski definition) is 0. The van der Waals surface area contributed by atoms with E-state index in [9.17, 15) is 9.59 Å². The third-order valence-electron chi connectivity index (χ3n) is 7.51. The van der Waals surface area contributed by atoms with Crippen molar-refractivity contribution in [2.45, 2.75) is 0 Å². The van der Waals surface area contributed by atoms with E-state index in [-0.39, 0.29) is 11.6 Å². The molecule has 42 heavy (non-hydrogen) atoms. The van der Waals surface area contributed by atoms with Gasteiger partial charge in [0.2, 0.25) is 0 Å². The Kier molecular flexibility index (Phi) is 7.07. The molecule has 0 aromatic heterocycles. The smallest absolute Gasteiger partial charge is 0.194 e. The van der Waals surface area contributed by atoms with E-state index in [2.05, 4.69) is 0 Å². The fraction of sp³-hybridized carbons (Fsp3) is 0.235. The van der Waals surface area contributed by atoms with Crippen LogP contribution in [0.2, 0.25) is 0 Å². The zero-order chi connectivity index (χ0) is 28.5. The molecule has 4 aromatic carbocycles. The summed E-state index contributed by atoms with van der Waals surface area (Å²) in [5.41, 5.74) is 5.98. The molecule has 0 fully saturated rings. The molecule has 0 saturated heterocycles. The van der Waals surface area contributed by atoms with Crippen LogP contribution in [-0.4, -0.2) is 64.4 Å². The molecule has 0 amide bonds. The average Bonchev–Trinajstić information content (AvgIpc) is 3.45. The van der Waals surface area contributed by atoms with Gasteiger partial charge >= 0.3 is 0 Å².